The minimum absolute atomic E-state index is 0.146. The number of aromatic amines is 1. The number of carbonyl (C=O) groups excluding carboxylic acids is 1. The molecule has 21 heavy (non-hydrogen) atoms. The maximum atomic E-state index is 12.7. The number of carbonyl (C=O) groups is 1. The molecule has 1 unspecified atom stereocenters. The van der Waals surface area contributed by atoms with Crippen LogP contribution in [0.25, 0.3) is 12.2 Å². The molecule has 1 aliphatic heterocycles. The third kappa shape index (κ3) is 2.95. The second kappa shape index (κ2) is 5.90. The molecule has 1 N–H and O–H groups in total. The molecule has 0 spiro atoms. The van der Waals surface area contributed by atoms with Crippen LogP contribution in [-0.4, -0.2) is 53.9 Å². The first-order chi connectivity index (χ1) is 10.1. The van der Waals surface area contributed by atoms with Crippen molar-refractivity contribution in [1.29, 1.82) is 0 Å². The number of hydrogen-bond acceptors (Lipinski definition) is 2. The van der Waals surface area contributed by atoms with Gasteiger partial charge in [0, 0.05) is 43.6 Å². The van der Waals surface area contributed by atoms with Crippen molar-refractivity contribution >= 4 is 18.1 Å². The Bertz CT molecular complexity index is 577. The molecule has 1 amide bonds. The van der Waals surface area contributed by atoms with E-state index in [1.165, 1.54) is 0 Å². The van der Waals surface area contributed by atoms with E-state index in [9.17, 15) is 4.79 Å². The van der Waals surface area contributed by atoms with Crippen LogP contribution in [0.5, 0.6) is 0 Å². The quantitative estimate of drug-likeness (QED) is 0.861. The summed E-state index contributed by atoms with van der Waals surface area (Å²) < 4.78 is 0. The summed E-state index contributed by atoms with van der Waals surface area (Å²) in [5.41, 5.74) is 2.86. The monoisotopic (exact) mass is 285 g/mol. The molecule has 4 nitrogen and oxygen atoms in total. The molecule has 0 radical (unpaired) electrons. The smallest absolute Gasteiger partial charge is 0.256 e. The van der Waals surface area contributed by atoms with E-state index in [-0.39, 0.29) is 5.91 Å². The van der Waals surface area contributed by atoms with Gasteiger partial charge in [-0.15, -0.1) is 0 Å². The molecular formula is C17H23N3O. The van der Waals surface area contributed by atoms with E-state index in [2.05, 4.69) is 48.2 Å². The highest BCUT2D eigenvalue weighted by Crippen LogP contribution is 2.23. The maximum absolute atomic E-state index is 12.7. The molecule has 1 fully saturated rings. The number of rotatable bonds is 1. The molecule has 112 valence electrons. The molecule has 0 bridgehead atoms. The van der Waals surface area contributed by atoms with E-state index in [1.54, 1.807) is 0 Å². The van der Waals surface area contributed by atoms with Crippen molar-refractivity contribution in [3.05, 3.63) is 35.2 Å². The number of fused-ring (bicyclic) bond motifs is 1. The molecular weight excluding hydrogens is 262 g/mol. The van der Waals surface area contributed by atoms with Crippen LogP contribution in [-0.2, 0) is 0 Å². The van der Waals surface area contributed by atoms with Crippen LogP contribution in [0, 0.1) is 5.92 Å². The Morgan fingerprint density at radius 2 is 2.00 bits per heavy atom. The predicted octanol–water partition coefficient (Wildman–Crippen LogP) is 2.47. The molecule has 1 aromatic rings. The summed E-state index contributed by atoms with van der Waals surface area (Å²) in [6.07, 6.45) is 11.4. The number of hydrogen-bond donors (Lipinski definition) is 1. The van der Waals surface area contributed by atoms with Gasteiger partial charge >= 0.3 is 0 Å². The Hall–Kier alpha value is -1.81. The van der Waals surface area contributed by atoms with Crippen LogP contribution in [0.4, 0.5) is 0 Å². The van der Waals surface area contributed by atoms with Gasteiger partial charge in [-0.3, -0.25) is 4.79 Å². The van der Waals surface area contributed by atoms with Gasteiger partial charge in [-0.2, -0.15) is 0 Å². The predicted molar refractivity (Wildman–Crippen MR) is 86.0 cm³/mol. The average molecular weight is 285 g/mol. The zero-order valence-corrected chi connectivity index (χ0v) is 12.8. The maximum Gasteiger partial charge on any atom is 0.256 e. The van der Waals surface area contributed by atoms with Crippen LogP contribution in [0.1, 0.15) is 35.0 Å². The number of allylic oxidation sites excluding steroid dienone is 2. The van der Waals surface area contributed by atoms with Crippen molar-refractivity contribution in [3.8, 4) is 0 Å². The van der Waals surface area contributed by atoms with Crippen LogP contribution >= 0.6 is 0 Å². The Balaban J connectivity index is 1.85. The number of piperazine rings is 1. The van der Waals surface area contributed by atoms with Gasteiger partial charge < -0.3 is 14.8 Å². The Morgan fingerprint density at radius 1 is 1.24 bits per heavy atom. The van der Waals surface area contributed by atoms with Gasteiger partial charge in [0.15, 0.2) is 0 Å². The summed E-state index contributed by atoms with van der Waals surface area (Å²) in [4.78, 5) is 20.2. The number of likely N-dealkylation sites (N-methyl/N-ethyl adjacent to an activating group) is 1. The lowest BCUT2D eigenvalue weighted by molar-refractivity contribution is 0.0664. The second-order valence-corrected chi connectivity index (χ2v) is 6.10. The van der Waals surface area contributed by atoms with Gasteiger partial charge in [0.1, 0.15) is 0 Å². The summed E-state index contributed by atoms with van der Waals surface area (Å²) in [5, 5.41) is 0. The molecule has 1 saturated heterocycles. The fraction of sp³-hybridized carbons (Fsp3) is 0.471. The van der Waals surface area contributed by atoms with Gasteiger partial charge in [0.25, 0.3) is 5.91 Å². The first kappa shape index (κ1) is 14.1. The number of nitrogens with one attached hydrogen (secondary N) is 1. The zero-order valence-electron chi connectivity index (χ0n) is 12.8. The van der Waals surface area contributed by atoms with E-state index >= 15 is 0 Å². The Kier molecular flexibility index (Phi) is 3.97. The molecule has 2 aliphatic rings. The first-order valence-corrected chi connectivity index (χ1v) is 7.69. The molecule has 2 heterocycles. The molecule has 1 aromatic heterocycles. The van der Waals surface area contributed by atoms with Crippen LogP contribution in [0.3, 0.4) is 0 Å². The molecule has 1 aliphatic carbocycles. The molecule has 3 rings (SSSR count). The summed E-state index contributed by atoms with van der Waals surface area (Å²) >= 11 is 0. The van der Waals surface area contributed by atoms with Gasteiger partial charge in [0.05, 0.1) is 5.56 Å². The van der Waals surface area contributed by atoms with Crippen molar-refractivity contribution in [2.24, 2.45) is 5.92 Å². The lowest BCUT2D eigenvalue weighted by atomic mass is 10.00. The van der Waals surface area contributed by atoms with E-state index in [0.29, 0.717) is 5.92 Å². The highest BCUT2D eigenvalue weighted by molar-refractivity contribution is 5.99. The fourth-order valence-corrected chi connectivity index (χ4v) is 2.86. The number of nitrogens with zero attached hydrogens (tertiary/aromatic N) is 2. The first-order valence-electron chi connectivity index (χ1n) is 7.69. The van der Waals surface area contributed by atoms with E-state index in [0.717, 1.165) is 49.4 Å². The fourth-order valence-electron chi connectivity index (χ4n) is 2.86. The number of aromatic nitrogens is 1. The highest BCUT2D eigenvalue weighted by atomic mass is 16.2. The minimum Gasteiger partial charge on any atom is -0.360 e. The van der Waals surface area contributed by atoms with Gasteiger partial charge in [-0.25, -0.2) is 0 Å². The average Bonchev–Trinajstić information content (AvgIpc) is 2.85. The van der Waals surface area contributed by atoms with E-state index in [1.807, 2.05) is 11.1 Å². The minimum atomic E-state index is 0.146. The van der Waals surface area contributed by atoms with E-state index < -0.39 is 0 Å². The third-order valence-corrected chi connectivity index (χ3v) is 4.36. The zero-order chi connectivity index (χ0) is 14.8. The van der Waals surface area contributed by atoms with Crippen LogP contribution in [0.15, 0.2) is 18.3 Å². The Morgan fingerprint density at radius 3 is 2.76 bits per heavy atom. The van der Waals surface area contributed by atoms with Crippen molar-refractivity contribution < 1.29 is 4.79 Å². The SMILES string of the molecule is CC1/C=C\c2[nH]cc(C(=O)N3CCN(C)CC3)c2C=CC1. The molecule has 0 aromatic carbocycles. The molecule has 0 saturated carbocycles. The van der Waals surface area contributed by atoms with Crippen molar-refractivity contribution in [3.63, 3.8) is 0 Å². The lowest BCUT2D eigenvalue weighted by Crippen LogP contribution is -2.47. The second-order valence-electron chi connectivity index (χ2n) is 6.10. The van der Waals surface area contributed by atoms with Crippen molar-refractivity contribution in [1.82, 2.24) is 14.8 Å². The van der Waals surface area contributed by atoms with Gasteiger partial charge in [-0.05, 0) is 25.5 Å². The normalized spacial score (nSPS) is 24.3. The third-order valence-electron chi connectivity index (χ3n) is 4.36. The topological polar surface area (TPSA) is 39.3 Å². The highest BCUT2D eigenvalue weighted by Gasteiger charge is 2.23. The summed E-state index contributed by atoms with van der Waals surface area (Å²) in [5.74, 6) is 0.682. The standard InChI is InChI=1S/C17H23N3O/c1-13-4-3-5-14-15(12-18-16(14)7-6-13)17(21)20-10-8-19(2)9-11-20/h3,5-7,12-13,18H,4,8-11H2,1-2H3/b5-3?,7-6-. The number of H-pyrrole nitrogens is 1. The number of amides is 1. The summed E-state index contributed by atoms with van der Waals surface area (Å²) in [7, 11) is 2.10. The van der Waals surface area contributed by atoms with Crippen LogP contribution in [0.2, 0.25) is 0 Å². The van der Waals surface area contributed by atoms with Gasteiger partial charge in [0.2, 0.25) is 0 Å². The molecule has 4 heteroatoms. The van der Waals surface area contributed by atoms with Crippen molar-refractivity contribution in [2.75, 3.05) is 33.2 Å². The largest absolute Gasteiger partial charge is 0.360 e. The summed E-state index contributed by atoms with van der Waals surface area (Å²) in [6, 6.07) is 0. The van der Waals surface area contributed by atoms with Crippen LogP contribution < -0.4 is 0 Å². The Labute approximate surface area is 126 Å². The van der Waals surface area contributed by atoms with Gasteiger partial charge in [-0.1, -0.05) is 25.2 Å². The molecule has 1 atom stereocenters. The summed E-state index contributed by atoms with van der Waals surface area (Å²) in [6.45, 7) is 5.72. The lowest BCUT2D eigenvalue weighted by Gasteiger charge is -2.32. The van der Waals surface area contributed by atoms with E-state index in [4.69, 9.17) is 0 Å². The van der Waals surface area contributed by atoms with Crippen molar-refractivity contribution in [2.45, 2.75) is 13.3 Å².